The largest absolute Gasteiger partial charge is 0.412 e. The summed E-state index contributed by atoms with van der Waals surface area (Å²) in [5.74, 6) is -0.401. The Morgan fingerprint density at radius 2 is 1.85 bits per heavy atom. The maximum absolute atomic E-state index is 14.3. The molecule has 0 bridgehead atoms. The van der Waals surface area contributed by atoms with Gasteiger partial charge in [-0.3, -0.25) is 0 Å². The Hall–Kier alpha value is -2.45. The number of nitrogens with two attached hydrogens (primary N) is 1. The Labute approximate surface area is 157 Å². The summed E-state index contributed by atoms with van der Waals surface area (Å²) in [5, 5.41) is 7.95. The molecule has 8 heteroatoms. The molecule has 2 aromatic carbocycles. The number of halogens is 1. The van der Waals surface area contributed by atoms with Gasteiger partial charge in [-0.1, -0.05) is 31.4 Å². The van der Waals surface area contributed by atoms with Crippen molar-refractivity contribution >= 4 is 16.1 Å². The van der Waals surface area contributed by atoms with Crippen LogP contribution in [0.4, 0.5) is 9.18 Å². The summed E-state index contributed by atoms with van der Waals surface area (Å²) in [6.45, 7) is 0. The molecule has 2 aromatic rings. The van der Waals surface area contributed by atoms with E-state index in [1.165, 1.54) is 42.8 Å². The van der Waals surface area contributed by atoms with Crippen LogP contribution in [0.1, 0.15) is 32.1 Å². The molecular weight excluding hydrogens is 371 g/mol. The van der Waals surface area contributed by atoms with Gasteiger partial charge in [-0.05, 0) is 48.7 Å². The number of ether oxygens (including phenoxy) is 1. The molecule has 1 fully saturated rings. The molecule has 0 spiro atoms. The minimum Gasteiger partial charge on any atom is -0.410 e. The second-order valence-electron chi connectivity index (χ2n) is 6.58. The molecule has 0 aliphatic heterocycles. The third-order valence-electron chi connectivity index (χ3n) is 4.55. The molecule has 1 saturated carbocycles. The van der Waals surface area contributed by atoms with Crippen molar-refractivity contribution in [1.29, 1.82) is 0 Å². The van der Waals surface area contributed by atoms with Gasteiger partial charge in [0.05, 0.1) is 4.90 Å². The van der Waals surface area contributed by atoms with Gasteiger partial charge in [-0.25, -0.2) is 22.7 Å². The monoisotopic (exact) mass is 392 g/mol. The number of benzene rings is 2. The average Bonchev–Trinajstić information content (AvgIpc) is 2.63. The summed E-state index contributed by atoms with van der Waals surface area (Å²) in [5.41, 5.74) is 0.431. The first-order chi connectivity index (χ1) is 12.8. The number of rotatable bonds is 4. The molecule has 1 aliphatic carbocycles. The summed E-state index contributed by atoms with van der Waals surface area (Å²) in [4.78, 5) is 12.0. The highest BCUT2D eigenvalue weighted by molar-refractivity contribution is 7.89. The van der Waals surface area contributed by atoms with Crippen molar-refractivity contribution in [2.45, 2.75) is 43.0 Å². The topological polar surface area (TPSA) is 98.5 Å². The van der Waals surface area contributed by atoms with E-state index in [9.17, 15) is 17.6 Å². The van der Waals surface area contributed by atoms with Crippen LogP contribution in [-0.4, -0.2) is 20.6 Å². The number of sulfonamides is 1. The maximum Gasteiger partial charge on any atom is 0.412 e. The third kappa shape index (κ3) is 5.05. The number of carbonyl (C=O) groups excluding carboxylic acids is 1. The van der Waals surface area contributed by atoms with Gasteiger partial charge in [-0.15, -0.1) is 0 Å². The number of primary sulfonamides is 1. The number of carbonyl (C=O) groups is 1. The standard InChI is InChI=1S/C19H21FN2O4S/c20-18-10-9-15(26-19(23)22-14-6-2-1-3-7-14)12-17(18)13-5-4-8-16(11-13)27(21,24)25/h4-5,8-12,14H,1-3,6-7H2,(H,22,23)(H2,21,24,25). The molecule has 3 N–H and O–H groups in total. The van der Waals surface area contributed by atoms with Crippen LogP contribution in [0.15, 0.2) is 47.4 Å². The molecule has 144 valence electrons. The molecule has 0 radical (unpaired) electrons. The van der Waals surface area contributed by atoms with Crippen LogP contribution in [0.3, 0.4) is 0 Å². The molecule has 0 saturated heterocycles. The van der Waals surface area contributed by atoms with Gasteiger partial charge in [0.15, 0.2) is 0 Å². The Morgan fingerprint density at radius 3 is 2.56 bits per heavy atom. The van der Waals surface area contributed by atoms with Gasteiger partial charge >= 0.3 is 6.09 Å². The Balaban J connectivity index is 1.79. The first-order valence-electron chi connectivity index (χ1n) is 8.74. The van der Waals surface area contributed by atoms with Crippen molar-refractivity contribution in [2.75, 3.05) is 0 Å². The molecule has 0 aromatic heterocycles. The minimum atomic E-state index is -3.91. The number of hydrogen-bond donors (Lipinski definition) is 2. The van der Waals surface area contributed by atoms with Crippen LogP contribution in [0.2, 0.25) is 0 Å². The van der Waals surface area contributed by atoms with Crippen molar-refractivity contribution in [3.05, 3.63) is 48.3 Å². The fourth-order valence-electron chi connectivity index (χ4n) is 3.18. The van der Waals surface area contributed by atoms with Crippen LogP contribution in [-0.2, 0) is 10.0 Å². The lowest BCUT2D eigenvalue weighted by Gasteiger charge is -2.22. The van der Waals surface area contributed by atoms with Crippen molar-refractivity contribution in [3.63, 3.8) is 0 Å². The number of hydrogen-bond acceptors (Lipinski definition) is 4. The zero-order valence-corrected chi connectivity index (χ0v) is 15.5. The molecule has 0 atom stereocenters. The van der Waals surface area contributed by atoms with Gasteiger partial charge in [0.2, 0.25) is 10.0 Å². The van der Waals surface area contributed by atoms with E-state index in [0.29, 0.717) is 5.56 Å². The van der Waals surface area contributed by atoms with Crippen molar-refractivity contribution in [1.82, 2.24) is 5.32 Å². The number of nitrogens with one attached hydrogen (secondary N) is 1. The predicted octanol–water partition coefficient (Wildman–Crippen LogP) is 3.56. The minimum absolute atomic E-state index is 0.0950. The summed E-state index contributed by atoms with van der Waals surface area (Å²) in [6.07, 6.45) is 4.58. The van der Waals surface area contributed by atoms with E-state index < -0.39 is 21.9 Å². The number of amides is 1. The highest BCUT2D eigenvalue weighted by Gasteiger charge is 2.18. The van der Waals surface area contributed by atoms with E-state index in [4.69, 9.17) is 9.88 Å². The fraction of sp³-hybridized carbons (Fsp3) is 0.316. The summed E-state index contributed by atoms with van der Waals surface area (Å²) < 4.78 is 42.5. The lowest BCUT2D eigenvalue weighted by molar-refractivity contribution is 0.192. The molecule has 0 heterocycles. The van der Waals surface area contributed by atoms with E-state index in [1.807, 2.05) is 0 Å². The first kappa shape index (κ1) is 19.3. The van der Waals surface area contributed by atoms with E-state index in [2.05, 4.69) is 5.32 Å². The first-order valence-corrected chi connectivity index (χ1v) is 10.3. The molecule has 1 aliphatic rings. The Morgan fingerprint density at radius 1 is 1.11 bits per heavy atom. The smallest absolute Gasteiger partial charge is 0.410 e. The normalized spacial score (nSPS) is 15.3. The second-order valence-corrected chi connectivity index (χ2v) is 8.14. The SMILES string of the molecule is NS(=O)(=O)c1cccc(-c2cc(OC(=O)NC3CCCCC3)ccc2F)c1. The van der Waals surface area contributed by atoms with E-state index in [-0.39, 0.29) is 22.3 Å². The molecular formula is C19H21FN2O4S. The van der Waals surface area contributed by atoms with Crippen LogP contribution in [0.5, 0.6) is 5.75 Å². The van der Waals surface area contributed by atoms with Gasteiger partial charge in [-0.2, -0.15) is 0 Å². The van der Waals surface area contributed by atoms with Crippen LogP contribution in [0, 0.1) is 5.82 Å². The van der Waals surface area contributed by atoms with E-state index in [0.717, 1.165) is 25.7 Å². The summed E-state index contributed by atoms with van der Waals surface area (Å²) in [7, 11) is -3.91. The summed E-state index contributed by atoms with van der Waals surface area (Å²) in [6, 6.07) is 9.60. The van der Waals surface area contributed by atoms with Gasteiger partial charge in [0.1, 0.15) is 11.6 Å². The fourth-order valence-corrected chi connectivity index (χ4v) is 3.74. The Kier molecular flexibility index (Phi) is 5.76. The van der Waals surface area contributed by atoms with Crippen LogP contribution >= 0.6 is 0 Å². The Bertz CT molecular complexity index is 940. The highest BCUT2D eigenvalue weighted by atomic mass is 32.2. The van der Waals surface area contributed by atoms with Crippen LogP contribution in [0.25, 0.3) is 11.1 Å². The maximum atomic E-state index is 14.3. The lowest BCUT2D eigenvalue weighted by Crippen LogP contribution is -2.38. The average molecular weight is 392 g/mol. The van der Waals surface area contributed by atoms with Gasteiger partial charge in [0.25, 0.3) is 0 Å². The highest BCUT2D eigenvalue weighted by Crippen LogP contribution is 2.29. The molecule has 3 rings (SSSR count). The predicted molar refractivity (Wildman–Crippen MR) is 99.2 cm³/mol. The van der Waals surface area contributed by atoms with Gasteiger partial charge < -0.3 is 10.1 Å². The van der Waals surface area contributed by atoms with E-state index >= 15 is 0 Å². The quantitative estimate of drug-likeness (QED) is 0.831. The molecule has 6 nitrogen and oxygen atoms in total. The van der Waals surface area contributed by atoms with Crippen LogP contribution < -0.4 is 15.2 Å². The second kappa shape index (κ2) is 8.06. The van der Waals surface area contributed by atoms with E-state index in [1.54, 1.807) is 6.07 Å². The third-order valence-corrected chi connectivity index (χ3v) is 5.46. The van der Waals surface area contributed by atoms with Crippen molar-refractivity contribution in [3.8, 4) is 16.9 Å². The molecule has 27 heavy (non-hydrogen) atoms. The van der Waals surface area contributed by atoms with Gasteiger partial charge in [0, 0.05) is 11.6 Å². The molecule has 1 amide bonds. The zero-order chi connectivity index (χ0) is 19.4. The lowest BCUT2D eigenvalue weighted by atomic mass is 9.96. The molecule has 0 unspecified atom stereocenters. The van der Waals surface area contributed by atoms with Crippen molar-refractivity contribution < 1.29 is 22.3 Å². The zero-order valence-electron chi connectivity index (χ0n) is 14.7. The summed E-state index contributed by atoms with van der Waals surface area (Å²) >= 11 is 0. The van der Waals surface area contributed by atoms with Crippen molar-refractivity contribution in [2.24, 2.45) is 5.14 Å².